The predicted octanol–water partition coefficient (Wildman–Crippen LogP) is 7.24. The highest BCUT2D eigenvalue weighted by molar-refractivity contribution is 6.64. The van der Waals surface area contributed by atoms with Crippen LogP contribution in [0.5, 0.6) is 0 Å². The average Bonchev–Trinajstić information content (AvgIpc) is 2.61. The molecule has 2 heteroatoms. The summed E-state index contributed by atoms with van der Waals surface area (Å²) < 4.78 is 6.10. The lowest BCUT2D eigenvalue weighted by atomic mass is 9.39. The second-order valence-corrected chi connectivity index (χ2v) is 9.41. The Morgan fingerprint density at radius 2 is 1.44 bits per heavy atom. The molecular weight excluding hydrogens is 303 g/mol. The molecule has 0 aliphatic heterocycles. The zero-order valence-corrected chi connectivity index (χ0v) is 17.5. The summed E-state index contributed by atoms with van der Waals surface area (Å²) >= 11 is 0. The zero-order chi connectivity index (χ0) is 18.3. The van der Waals surface area contributed by atoms with Crippen molar-refractivity contribution in [2.24, 2.45) is 17.8 Å². The van der Waals surface area contributed by atoms with Crippen molar-refractivity contribution in [2.75, 3.05) is 7.11 Å². The van der Waals surface area contributed by atoms with E-state index in [0.717, 1.165) is 11.8 Å². The Morgan fingerprint density at radius 1 is 0.920 bits per heavy atom. The highest BCUT2D eigenvalue weighted by Crippen LogP contribution is 2.41. The van der Waals surface area contributed by atoms with Crippen LogP contribution in [0, 0.1) is 17.8 Å². The molecule has 0 aromatic heterocycles. The van der Waals surface area contributed by atoms with Gasteiger partial charge in [-0.1, -0.05) is 89.9 Å². The highest BCUT2D eigenvalue weighted by atomic mass is 16.4. The minimum atomic E-state index is 0.145. The Labute approximate surface area is 157 Å². The van der Waals surface area contributed by atoms with E-state index in [9.17, 15) is 0 Å². The first-order chi connectivity index (χ1) is 11.9. The summed E-state index contributed by atoms with van der Waals surface area (Å²) in [5, 5.41) is 0.145. The minimum absolute atomic E-state index is 0.145. The molecule has 0 saturated heterocycles. The lowest BCUT2D eigenvalue weighted by molar-refractivity contribution is 0.352. The zero-order valence-electron chi connectivity index (χ0n) is 17.5. The molecule has 1 nitrogen and oxygen atoms in total. The third-order valence-corrected chi connectivity index (χ3v) is 6.99. The van der Waals surface area contributed by atoms with E-state index in [-0.39, 0.29) is 12.2 Å². The highest BCUT2D eigenvalue weighted by Gasteiger charge is 2.39. The molecule has 0 radical (unpaired) electrons. The molecule has 142 valence electrons. The van der Waals surface area contributed by atoms with Crippen LogP contribution in [0.4, 0.5) is 0 Å². The van der Waals surface area contributed by atoms with Crippen LogP contribution in [-0.4, -0.2) is 14.0 Å². The van der Waals surface area contributed by atoms with Gasteiger partial charge in [0.15, 0.2) is 0 Å². The van der Waals surface area contributed by atoms with E-state index in [1.54, 1.807) is 0 Å². The van der Waals surface area contributed by atoms with Gasteiger partial charge in [0.1, 0.15) is 0 Å². The Morgan fingerprint density at radius 3 is 1.92 bits per heavy atom. The predicted molar refractivity (Wildman–Crippen MR) is 112 cm³/mol. The fourth-order valence-electron chi connectivity index (χ4n) is 4.55. The fourth-order valence-corrected chi connectivity index (χ4v) is 4.55. The maximum absolute atomic E-state index is 6.10. The van der Waals surface area contributed by atoms with Crippen LogP contribution in [0.3, 0.4) is 0 Å². The van der Waals surface area contributed by atoms with Crippen molar-refractivity contribution >= 4 is 6.92 Å². The number of hydrogen-bond donors (Lipinski definition) is 0. The Balaban J connectivity index is 2.22. The Bertz CT molecular complexity index is 437. The molecule has 0 N–H and O–H groups in total. The Kier molecular flexibility index (Phi) is 8.32. The van der Waals surface area contributed by atoms with Gasteiger partial charge in [0.25, 0.3) is 0 Å². The van der Waals surface area contributed by atoms with Gasteiger partial charge in [-0.05, 0) is 48.8 Å². The molecule has 2 fully saturated rings. The van der Waals surface area contributed by atoms with Crippen molar-refractivity contribution in [1.29, 1.82) is 0 Å². The first-order valence-electron chi connectivity index (χ1n) is 10.9. The molecular formula is C23H41BO. The van der Waals surface area contributed by atoms with E-state index in [1.165, 1.54) is 69.7 Å². The lowest BCUT2D eigenvalue weighted by Crippen LogP contribution is -2.36. The number of hydrogen-bond acceptors (Lipinski definition) is 1. The van der Waals surface area contributed by atoms with E-state index in [1.807, 2.05) is 7.11 Å². The van der Waals surface area contributed by atoms with Gasteiger partial charge in [0, 0.05) is 7.11 Å². The molecule has 2 aliphatic carbocycles. The van der Waals surface area contributed by atoms with Gasteiger partial charge >= 0.3 is 6.92 Å². The molecule has 0 unspecified atom stereocenters. The van der Waals surface area contributed by atoms with Crippen molar-refractivity contribution in [3.05, 3.63) is 23.7 Å². The second-order valence-electron chi connectivity index (χ2n) is 9.41. The van der Waals surface area contributed by atoms with Gasteiger partial charge in [0.05, 0.1) is 0 Å². The Hall–Kier alpha value is -0.495. The van der Waals surface area contributed by atoms with Crippen LogP contribution >= 0.6 is 0 Å². The molecule has 0 aromatic rings. The van der Waals surface area contributed by atoms with Crippen molar-refractivity contribution in [3.63, 3.8) is 0 Å². The molecule has 0 atom stereocenters. The lowest BCUT2D eigenvalue weighted by Gasteiger charge is -2.35. The second kappa shape index (κ2) is 10.00. The van der Waals surface area contributed by atoms with Crippen LogP contribution in [0.1, 0.15) is 91.9 Å². The minimum Gasteiger partial charge on any atom is -0.433 e. The van der Waals surface area contributed by atoms with Crippen LogP contribution in [0.25, 0.3) is 0 Å². The van der Waals surface area contributed by atoms with Crippen LogP contribution in [0.15, 0.2) is 23.7 Å². The molecule has 2 saturated carbocycles. The third-order valence-electron chi connectivity index (χ3n) is 6.99. The van der Waals surface area contributed by atoms with E-state index < -0.39 is 0 Å². The first-order valence-corrected chi connectivity index (χ1v) is 10.9. The van der Waals surface area contributed by atoms with Gasteiger partial charge < -0.3 is 4.65 Å². The van der Waals surface area contributed by atoms with Crippen LogP contribution in [-0.2, 0) is 4.65 Å². The third kappa shape index (κ3) is 6.02. The average molecular weight is 344 g/mol. The summed E-state index contributed by atoms with van der Waals surface area (Å²) in [6.07, 6.45) is 21.5. The van der Waals surface area contributed by atoms with Crippen molar-refractivity contribution < 1.29 is 4.65 Å². The first kappa shape index (κ1) is 20.8. The SMILES string of the molecule is COB(C(=C/C1CCCCC1)/C=C/C1CCCCC1)C(C)(C)C(C)C. The molecule has 2 rings (SSSR count). The van der Waals surface area contributed by atoms with E-state index >= 15 is 0 Å². The summed E-state index contributed by atoms with van der Waals surface area (Å²) in [4.78, 5) is 0. The smallest absolute Gasteiger partial charge is 0.332 e. The molecule has 0 heterocycles. The summed E-state index contributed by atoms with van der Waals surface area (Å²) in [7, 11) is 1.90. The van der Waals surface area contributed by atoms with Gasteiger partial charge in [-0.3, -0.25) is 0 Å². The van der Waals surface area contributed by atoms with Gasteiger partial charge in [-0.15, -0.1) is 0 Å². The molecule has 0 aromatic carbocycles. The van der Waals surface area contributed by atoms with E-state index in [2.05, 4.69) is 45.9 Å². The molecule has 0 amide bonds. The molecule has 0 spiro atoms. The summed E-state index contributed by atoms with van der Waals surface area (Å²) in [5.41, 5.74) is 1.44. The molecule has 2 aliphatic rings. The molecule has 0 bridgehead atoms. The fraction of sp³-hybridized carbons (Fsp3) is 0.826. The van der Waals surface area contributed by atoms with Crippen LogP contribution < -0.4 is 0 Å². The largest absolute Gasteiger partial charge is 0.433 e. The van der Waals surface area contributed by atoms with E-state index in [4.69, 9.17) is 4.65 Å². The normalized spacial score (nSPS) is 22.1. The maximum Gasteiger partial charge on any atom is 0.332 e. The maximum atomic E-state index is 6.10. The van der Waals surface area contributed by atoms with Gasteiger partial charge in [-0.25, -0.2) is 0 Å². The van der Waals surface area contributed by atoms with E-state index in [0.29, 0.717) is 5.92 Å². The standard InChI is InChI=1S/C23H41BO/c1-19(2)23(3,4)24(25-5)22(18-21-14-10-7-11-15-21)17-16-20-12-8-6-9-13-20/h16-21H,6-15H2,1-5H3/b17-16+,22-18+. The van der Waals surface area contributed by atoms with Gasteiger partial charge in [0.2, 0.25) is 0 Å². The van der Waals surface area contributed by atoms with Gasteiger partial charge in [-0.2, -0.15) is 0 Å². The van der Waals surface area contributed by atoms with Crippen LogP contribution in [0.2, 0.25) is 5.31 Å². The molecule has 25 heavy (non-hydrogen) atoms. The summed E-state index contributed by atoms with van der Waals surface area (Å²) in [6, 6.07) is 0. The topological polar surface area (TPSA) is 9.23 Å². The van der Waals surface area contributed by atoms with Crippen molar-refractivity contribution in [2.45, 2.75) is 97.2 Å². The number of rotatable bonds is 7. The van der Waals surface area contributed by atoms with Crippen molar-refractivity contribution in [1.82, 2.24) is 0 Å². The number of allylic oxidation sites excluding steroid dienone is 4. The summed E-state index contributed by atoms with van der Waals surface area (Å²) in [6.45, 7) is 9.59. The monoisotopic (exact) mass is 344 g/mol. The van der Waals surface area contributed by atoms with Crippen molar-refractivity contribution in [3.8, 4) is 0 Å². The quantitative estimate of drug-likeness (QED) is 0.349. The summed E-state index contributed by atoms with van der Waals surface area (Å²) in [5.74, 6) is 2.12.